The van der Waals surface area contributed by atoms with Crippen molar-refractivity contribution < 1.29 is 0 Å². The maximum Gasteiger partial charge on any atom is 0.164 e. The fourth-order valence-electron chi connectivity index (χ4n) is 21.2. The fourth-order valence-corrected chi connectivity index (χ4v) is 21.2. The van der Waals surface area contributed by atoms with Gasteiger partial charge in [0, 0.05) is 115 Å². The number of nitriles is 1. The Morgan fingerprint density at radius 3 is 0.693 bits per heavy atom. The number of fused-ring (bicyclic) bond motifs is 18. The van der Waals surface area contributed by atoms with E-state index in [0.29, 0.717) is 23.0 Å². The van der Waals surface area contributed by atoms with Crippen LogP contribution in [0.25, 0.3) is 244 Å². The zero-order valence-corrected chi connectivity index (χ0v) is 76.0. The maximum atomic E-state index is 9.35. The average Bonchev–Trinajstić information content (AvgIpc) is 1.59. The molecule has 0 fully saturated rings. The molecule has 0 saturated heterocycles. The van der Waals surface area contributed by atoms with Crippen molar-refractivity contribution in [3.8, 4) is 119 Å². The first-order chi connectivity index (χ1) is 69.4. The largest absolute Gasteiger partial charge is 0.309 e. The predicted octanol–water partition coefficient (Wildman–Crippen LogP) is 33.4. The molecule has 7 aromatic heterocycles. The molecule has 654 valence electrons. The quantitative estimate of drug-likeness (QED) is 0.115. The second-order valence-electron chi connectivity index (χ2n) is 35.7. The lowest BCUT2D eigenvalue weighted by Gasteiger charge is -2.12. The highest BCUT2D eigenvalue weighted by Gasteiger charge is 2.24. The van der Waals surface area contributed by atoms with Crippen LogP contribution in [-0.2, 0) is 0 Å². The summed E-state index contributed by atoms with van der Waals surface area (Å²) in [6, 6.07) is 183. The Morgan fingerprint density at radius 2 is 0.357 bits per heavy atom. The van der Waals surface area contributed by atoms with E-state index in [9.17, 15) is 5.26 Å². The molecule has 0 radical (unpaired) electrons. The summed E-state index contributed by atoms with van der Waals surface area (Å²) in [6.07, 6.45) is 0. The van der Waals surface area contributed by atoms with Gasteiger partial charge in [-0.15, -0.1) is 0 Å². The van der Waals surface area contributed by atoms with Crippen LogP contribution in [0.2, 0.25) is 0 Å². The number of hydrogen-bond donors (Lipinski definition) is 0. The van der Waals surface area contributed by atoms with E-state index in [1.165, 1.54) is 165 Å². The van der Waals surface area contributed by atoms with E-state index in [1.807, 2.05) is 78.9 Å². The van der Waals surface area contributed by atoms with Gasteiger partial charge >= 0.3 is 0 Å². The van der Waals surface area contributed by atoms with E-state index in [-0.39, 0.29) is 0 Å². The Balaban J connectivity index is 0.000000110. The van der Waals surface area contributed by atoms with Crippen LogP contribution in [0, 0.1) is 11.3 Å². The number of para-hydroxylation sites is 10. The minimum absolute atomic E-state index is 0.629. The van der Waals surface area contributed by atoms with Crippen LogP contribution in [0.15, 0.2) is 510 Å². The lowest BCUT2D eigenvalue weighted by atomic mass is 10.0. The number of nitrogens with zero attached hydrogens (tertiary/aromatic N) is 10. The van der Waals surface area contributed by atoms with E-state index in [0.717, 1.165) is 61.5 Å². The topological polar surface area (TPSA) is 92.0 Å². The van der Waals surface area contributed by atoms with Gasteiger partial charge in [0.25, 0.3) is 0 Å². The Labute approximate surface area is 806 Å². The number of rotatable bonds is 13. The molecule has 7 heterocycles. The van der Waals surface area contributed by atoms with E-state index in [4.69, 9.17) is 15.0 Å². The standard InChI is InChI=1S/C51H33N5.C43H27N3.C36H24N2/c1-4-15-34(16-5-1)49-52-50(35-17-6-2-7-18-35)54-51(53-49)38-19-14-22-40(31-38)56-45-25-12-10-23-41(45)43-29-27-37(33-48(43)56)36-28-30-47-44(32-36)42-24-11-13-26-46(42)55(47)39-20-8-3-9-21-39;44-28-29-9-8-10-31(25-29)30-17-21-35(22-18-30)46-41-16-7-5-14-37(41)39-27-33(20-24-43(39)46)32-19-23-42-38(26-32)36-13-4-6-15-40(36)45(42)34-11-2-1-3-12-34;1-3-11-27(12-4-1)37-33-17-9-7-15-29(33)31-23-25(19-21-35(31)37)26-20-22-36-32(24-26)30-16-8-10-18-34(30)38(36)28-13-5-2-6-14-28/h1-33H;1-27H;1-24H. The Kier molecular flexibility index (Phi) is 20.1. The van der Waals surface area contributed by atoms with Crippen LogP contribution < -0.4 is 0 Å². The molecule has 21 aromatic carbocycles. The molecule has 0 aliphatic rings. The molecule has 0 unspecified atom stereocenters. The van der Waals surface area contributed by atoms with Gasteiger partial charge < -0.3 is 27.4 Å². The van der Waals surface area contributed by atoms with Crippen molar-refractivity contribution in [1.29, 1.82) is 5.26 Å². The molecular formula is C130H84N10. The van der Waals surface area contributed by atoms with E-state index in [2.05, 4.69) is 464 Å². The minimum Gasteiger partial charge on any atom is -0.309 e. The van der Waals surface area contributed by atoms with Crippen molar-refractivity contribution in [3.63, 3.8) is 0 Å². The van der Waals surface area contributed by atoms with Gasteiger partial charge in [0.15, 0.2) is 17.5 Å². The number of hydrogen-bond acceptors (Lipinski definition) is 4. The molecule has 0 amide bonds. The first-order valence-electron chi connectivity index (χ1n) is 47.4. The summed E-state index contributed by atoms with van der Waals surface area (Å²) in [6.45, 7) is 0. The SMILES string of the molecule is N#Cc1cccc(-c2ccc(-n3c4ccccc4c4cc(-c5ccc6c(c5)c5ccccc5n6-c5ccccc5)ccc43)cc2)c1.c1ccc(-c2nc(-c3ccccc3)nc(-c3cccc(-n4c5ccccc5c5ccc(-c6ccc7c(c6)c6ccccc6n7-c6ccccc6)cc54)c3)n2)cc1.c1ccc(-n2c3ccccc3c3cc(-c4ccc5c(c4)c4ccccc4n5-c4ccccc4)ccc32)cc1. The Hall–Kier alpha value is -19.1. The maximum absolute atomic E-state index is 9.35. The van der Waals surface area contributed by atoms with Gasteiger partial charge in [-0.25, -0.2) is 15.0 Å². The highest BCUT2D eigenvalue weighted by molar-refractivity contribution is 6.17. The van der Waals surface area contributed by atoms with Gasteiger partial charge in [0.2, 0.25) is 0 Å². The molecule has 0 saturated carbocycles. The average molecular weight is 1790 g/mol. The van der Waals surface area contributed by atoms with Crippen molar-refractivity contribution in [2.45, 2.75) is 0 Å². The Bertz CT molecular complexity index is 9530. The second-order valence-corrected chi connectivity index (χ2v) is 35.7. The summed E-state index contributed by atoms with van der Waals surface area (Å²) in [5.41, 5.74) is 34.0. The number of benzene rings is 21. The third-order valence-electron chi connectivity index (χ3n) is 27.6. The highest BCUT2D eigenvalue weighted by Crippen LogP contribution is 2.45. The van der Waals surface area contributed by atoms with Crippen molar-refractivity contribution >= 4 is 131 Å². The van der Waals surface area contributed by atoms with Crippen molar-refractivity contribution in [1.82, 2.24) is 42.4 Å². The number of aromatic nitrogens is 9. The van der Waals surface area contributed by atoms with Gasteiger partial charge in [-0.3, -0.25) is 0 Å². The molecule has 0 bridgehead atoms. The van der Waals surface area contributed by atoms with Crippen LogP contribution >= 0.6 is 0 Å². The monoisotopic (exact) mass is 1780 g/mol. The molecule has 0 atom stereocenters. The van der Waals surface area contributed by atoms with Gasteiger partial charge in [-0.05, 0) is 233 Å². The molecule has 10 heteroatoms. The normalized spacial score (nSPS) is 11.6. The summed E-state index contributed by atoms with van der Waals surface area (Å²) in [5, 5.41) is 24.3. The lowest BCUT2D eigenvalue weighted by molar-refractivity contribution is 1.07. The Morgan fingerprint density at radius 1 is 0.136 bits per heavy atom. The lowest BCUT2D eigenvalue weighted by Crippen LogP contribution is -2.01. The van der Waals surface area contributed by atoms with Gasteiger partial charge in [0.05, 0.1) is 77.8 Å². The third kappa shape index (κ3) is 14.2. The summed E-state index contributed by atoms with van der Waals surface area (Å²) in [7, 11) is 0. The van der Waals surface area contributed by atoms with Gasteiger partial charge in [-0.1, -0.05) is 322 Å². The van der Waals surface area contributed by atoms with Crippen LogP contribution in [0.5, 0.6) is 0 Å². The van der Waals surface area contributed by atoms with Crippen LogP contribution in [0.1, 0.15) is 5.56 Å². The highest BCUT2D eigenvalue weighted by atomic mass is 15.0. The fraction of sp³-hybridized carbons (Fsp3) is 0. The summed E-state index contributed by atoms with van der Waals surface area (Å²) in [5.74, 6) is 1.92. The molecule has 0 spiro atoms. The minimum atomic E-state index is 0.629. The smallest absolute Gasteiger partial charge is 0.164 e. The predicted molar refractivity (Wildman–Crippen MR) is 582 cm³/mol. The zero-order chi connectivity index (χ0) is 92.7. The molecule has 0 aliphatic heterocycles. The summed E-state index contributed by atoms with van der Waals surface area (Å²) in [4.78, 5) is 15.0. The van der Waals surface area contributed by atoms with Crippen LogP contribution in [-0.4, -0.2) is 42.4 Å². The molecule has 0 aliphatic carbocycles. The van der Waals surface area contributed by atoms with E-state index >= 15 is 0 Å². The third-order valence-corrected chi connectivity index (χ3v) is 27.6. The van der Waals surface area contributed by atoms with Crippen molar-refractivity contribution in [3.05, 3.63) is 515 Å². The molecule has 0 N–H and O–H groups in total. The van der Waals surface area contributed by atoms with Crippen LogP contribution in [0.4, 0.5) is 0 Å². The molecular weight excluding hydrogens is 1700 g/mol. The first-order valence-corrected chi connectivity index (χ1v) is 47.4. The van der Waals surface area contributed by atoms with Gasteiger partial charge in [0.1, 0.15) is 0 Å². The molecule has 140 heavy (non-hydrogen) atoms. The zero-order valence-electron chi connectivity index (χ0n) is 76.0. The van der Waals surface area contributed by atoms with E-state index < -0.39 is 0 Å². The van der Waals surface area contributed by atoms with Gasteiger partial charge in [-0.2, -0.15) is 5.26 Å². The first kappa shape index (κ1) is 81.7. The van der Waals surface area contributed by atoms with Crippen molar-refractivity contribution in [2.24, 2.45) is 0 Å². The molecule has 28 rings (SSSR count). The summed E-state index contributed by atoms with van der Waals surface area (Å²) < 4.78 is 14.2. The molecule has 28 aromatic rings. The second kappa shape index (κ2) is 34.4. The van der Waals surface area contributed by atoms with E-state index in [1.54, 1.807) is 0 Å². The van der Waals surface area contributed by atoms with Crippen molar-refractivity contribution in [2.75, 3.05) is 0 Å². The van der Waals surface area contributed by atoms with Crippen LogP contribution in [0.3, 0.4) is 0 Å². The summed E-state index contributed by atoms with van der Waals surface area (Å²) >= 11 is 0. The molecule has 10 nitrogen and oxygen atoms in total.